The van der Waals surface area contributed by atoms with Gasteiger partial charge in [0.2, 0.25) is 0 Å². The Hall–Kier alpha value is -0.430. The van der Waals surface area contributed by atoms with Gasteiger partial charge >= 0.3 is 0 Å². The second kappa shape index (κ2) is 7.10. The van der Waals surface area contributed by atoms with E-state index in [9.17, 15) is 0 Å². The van der Waals surface area contributed by atoms with Crippen LogP contribution in [-0.4, -0.2) is 12.3 Å². The largest absolute Gasteiger partial charge is 0.320 e. The topological polar surface area (TPSA) is 26.0 Å². The third kappa shape index (κ3) is 4.39. The highest BCUT2D eigenvalue weighted by atomic mass is 32.2. The van der Waals surface area contributed by atoms with Gasteiger partial charge in [0.1, 0.15) is 0 Å². The van der Waals surface area contributed by atoms with Crippen LogP contribution in [-0.2, 0) is 5.75 Å². The zero-order valence-electron chi connectivity index (χ0n) is 10.1. The summed E-state index contributed by atoms with van der Waals surface area (Å²) in [4.78, 5) is 2.58. The Bertz CT molecular complexity index is 394. The van der Waals surface area contributed by atoms with Crippen molar-refractivity contribution in [1.29, 1.82) is 0 Å². The Labute approximate surface area is 112 Å². The van der Waals surface area contributed by atoms with Gasteiger partial charge in [-0.15, -0.1) is 11.3 Å². The average Bonchev–Trinajstić information content (AvgIpc) is 2.98. The predicted octanol–water partition coefficient (Wildman–Crippen LogP) is 3.48. The molecule has 1 aliphatic carbocycles. The first-order valence-corrected chi connectivity index (χ1v) is 8.21. The van der Waals surface area contributed by atoms with E-state index in [2.05, 4.69) is 35.7 Å². The van der Waals surface area contributed by atoms with Crippen LogP contribution in [0.5, 0.6) is 0 Å². The van der Waals surface area contributed by atoms with E-state index in [0.717, 1.165) is 16.5 Å². The summed E-state index contributed by atoms with van der Waals surface area (Å²) in [6.07, 6.45) is 5.79. The number of thioether (sulfide) groups is 1. The second-order valence-electron chi connectivity index (χ2n) is 4.44. The van der Waals surface area contributed by atoms with Crippen molar-refractivity contribution in [2.45, 2.75) is 31.4 Å². The third-order valence-electron chi connectivity index (χ3n) is 3.05. The molecule has 0 aromatic carbocycles. The van der Waals surface area contributed by atoms with Crippen molar-refractivity contribution in [2.75, 3.05) is 12.3 Å². The molecule has 3 heteroatoms. The number of rotatable bonds is 4. The van der Waals surface area contributed by atoms with Crippen LogP contribution in [0.3, 0.4) is 0 Å². The van der Waals surface area contributed by atoms with Gasteiger partial charge in [-0.3, -0.25) is 0 Å². The standard InChI is InChI=1S/C14H19NS2/c15-9-3-6-13-7-8-14(17-13)11-16-10-12-4-1-2-5-12/h7-8,12H,1-2,4-5,9-11,15H2. The molecule has 0 spiro atoms. The lowest BCUT2D eigenvalue weighted by atomic mass is 10.1. The van der Waals surface area contributed by atoms with E-state index in [0.29, 0.717) is 6.54 Å². The summed E-state index contributed by atoms with van der Waals surface area (Å²) in [5, 5.41) is 0. The molecular weight excluding hydrogens is 246 g/mol. The summed E-state index contributed by atoms with van der Waals surface area (Å²) < 4.78 is 0. The van der Waals surface area contributed by atoms with Gasteiger partial charge in [-0.25, -0.2) is 0 Å². The SMILES string of the molecule is NCC#Cc1ccc(CSCC2CCCC2)s1. The van der Waals surface area contributed by atoms with Crippen LogP contribution < -0.4 is 5.73 Å². The molecule has 0 saturated heterocycles. The third-order valence-corrected chi connectivity index (χ3v) is 5.45. The van der Waals surface area contributed by atoms with E-state index < -0.39 is 0 Å². The maximum absolute atomic E-state index is 5.36. The lowest BCUT2D eigenvalue weighted by molar-refractivity contribution is 0.623. The van der Waals surface area contributed by atoms with Gasteiger partial charge < -0.3 is 5.73 Å². The molecule has 1 aromatic rings. The van der Waals surface area contributed by atoms with Crippen LogP contribution in [0.2, 0.25) is 0 Å². The minimum atomic E-state index is 0.448. The van der Waals surface area contributed by atoms with E-state index in [1.54, 1.807) is 11.3 Å². The van der Waals surface area contributed by atoms with Gasteiger partial charge in [-0.1, -0.05) is 24.7 Å². The molecule has 2 rings (SSSR count). The first-order chi connectivity index (χ1) is 8.38. The fourth-order valence-corrected chi connectivity index (χ4v) is 4.41. The lowest BCUT2D eigenvalue weighted by Crippen LogP contribution is -1.96. The van der Waals surface area contributed by atoms with Gasteiger partial charge in [0.15, 0.2) is 0 Å². The fraction of sp³-hybridized carbons (Fsp3) is 0.571. The summed E-state index contributed by atoms with van der Waals surface area (Å²) in [6, 6.07) is 4.31. The Morgan fingerprint density at radius 1 is 1.35 bits per heavy atom. The Kier molecular flexibility index (Phi) is 5.44. The predicted molar refractivity (Wildman–Crippen MR) is 78.4 cm³/mol. The first-order valence-electron chi connectivity index (χ1n) is 6.24. The van der Waals surface area contributed by atoms with Crippen molar-refractivity contribution in [1.82, 2.24) is 0 Å². The smallest absolute Gasteiger partial charge is 0.0772 e. The van der Waals surface area contributed by atoms with Crippen LogP contribution in [0.4, 0.5) is 0 Å². The summed E-state index contributed by atoms with van der Waals surface area (Å²) in [6.45, 7) is 0.448. The van der Waals surface area contributed by atoms with Gasteiger partial charge in [-0.05, 0) is 36.6 Å². The van der Waals surface area contributed by atoms with Crippen molar-refractivity contribution >= 4 is 23.1 Å². The molecule has 1 saturated carbocycles. The van der Waals surface area contributed by atoms with Gasteiger partial charge in [0, 0.05) is 10.6 Å². The highest BCUT2D eigenvalue weighted by Gasteiger charge is 2.14. The molecule has 1 aliphatic rings. The average molecular weight is 265 g/mol. The van der Waals surface area contributed by atoms with Gasteiger partial charge in [0.05, 0.1) is 11.4 Å². The second-order valence-corrected chi connectivity index (χ2v) is 6.64. The minimum Gasteiger partial charge on any atom is -0.320 e. The molecular formula is C14H19NS2. The van der Waals surface area contributed by atoms with Crippen molar-refractivity contribution in [3.05, 3.63) is 21.9 Å². The minimum absolute atomic E-state index is 0.448. The lowest BCUT2D eigenvalue weighted by Gasteiger charge is -2.06. The normalized spacial score (nSPS) is 15.8. The quantitative estimate of drug-likeness (QED) is 0.844. The maximum Gasteiger partial charge on any atom is 0.0772 e. The van der Waals surface area contributed by atoms with Gasteiger partial charge in [0.25, 0.3) is 0 Å². The molecule has 0 atom stereocenters. The van der Waals surface area contributed by atoms with Crippen LogP contribution >= 0.6 is 23.1 Å². The Balaban J connectivity index is 1.73. The Morgan fingerprint density at radius 2 is 2.18 bits per heavy atom. The molecule has 0 aliphatic heterocycles. The molecule has 1 heterocycles. The molecule has 1 fully saturated rings. The summed E-state index contributed by atoms with van der Waals surface area (Å²) >= 11 is 3.88. The van der Waals surface area contributed by atoms with Crippen LogP contribution in [0.25, 0.3) is 0 Å². The summed E-state index contributed by atoms with van der Waals surface area (Å²) in [7, 11) is 0. The fourth-order valence-electron chi connectivity index (χ4n) is 2.16. The van der Waals surface area contributed by atoms with E-state index >= 15 is 0 Å². The summed E-state index contributed by atoms with van der Waals surface area (Å²) in [5.41, 5.74) is 5.36. The molecule has 2 N–H and O–H groups in total. The van der Waals surface area contributed by atoms with E-state index in [1.807, 2.05) is 0 Å². The molecule has 1 aromatic heterocycles. The molecule has 1 nitrogen and oxygen atoms in total. The molecule has 0 unspecified atom stereocenters. The van der Waals surface area contributed by atoms with Gasteiger partial charge in [-0.2, -0.15) is 11.8 Å². The molecule has 0 bridgehead atoms. The summed E-state index contributed by atoms with van der Waals surface area (Å²) in [5.74, 6) is 9.45. The van der Waals surface area contributed by atoms with E-state index in [4.69, 9.17) is 5.73 Å². The van der Waals surface area contributed by atoms with Crippen molar-refractivity contribution < 1.29 is 0 Å². The number of hydrogen-bond donors (Lipinski definition) is 1. The van der Waals surface area contributed by atoms with E-state index in [-0.39, 0.29) is 0 Å². The molecule has 0 radical (unpaired) electrons. The van der Waals surface area contributed by atoms with Crippen molar-refractivity contribution in [2.24, 2.45) is 11.7 Å². The van der Waals surface area contributed by atoms with Crippen molar-refractivity contribution in [3.63, 3.8) is 0 Å². The van der Waals surface area contributed by atoms with Crippen LogP contribution in [0, 0.1) is 17.8 Å². The number of nitrogens with two attached hydrogens (primary N) is 1. The monoisotopic (exact) mass is 265 g/mol. The number of thiophene rings is 1. The van der Waals surface area contributed by atoms with Crippen LogP contribution in [0.1, 0.15) is 35.4 Å². The zero-order chi connectivity index (χ0) is 11.9. The van der Waals surface area contributed by atoms with E-state index in [1.165, 1.54) is 36.3 Å². The molecule has 0 amide bonds. The van der Waals surface area contributed by atoms with Crippen LogP contribution in [0.15, 0.2) is 12.1 Å². The molecule has 92 valence electrons. The highest BCUT2D eigenvalue weighted by Crippen LogP contribution is 2.30. The Morgan fingerprint density at radius 3 is 2.94 bits per heavy atom. The van der Waals surface area contributed by atoms with Crippen molar-refractivity contribution in [3.8, 4) is 11.8 Å². The highest BCUT2D eigenvalue weighted by molar-refractivity contribution is 7.98. The number of hydrogen-bond acceptors (Lipinski definition) is 3. The first kappa shape index (κ1) is 13.0. The molecule has 17 heavy (non-hydrogen) atoms. The zero-order valence-corrected chi connectivity index (χ0v) is 11.7. The maximum atomic E-state index is 5.36.